The Morgan fingerprint density at radius 3 is 2.87 bits per heavy atom. The lowest BCUT2D eigenvalue weighted by Gasteiger charge is -2.40. The molecular weight excluding hydrogens is 383 g/mol. The van der Waals surface area contributed by atoms with Gasteiger partial charge in [-0.15, -0.1) is 0 Å². The molecule has 1 saturated heterocycles. The molecule has 1 saturated carbocycles. The third-order valence-corrected chi connectivity index (χ3v) is 7.01. The Morgan fingerprint density at radius 2 is 2.17 bits per heavy atom. The van der Waals surface area contributed by atoms with Crippen LogP contribution in [0.15, 0.2) is 30.5 Å². The first-order valence-corrected chi connectivity index (χ1v) is 11.1. The van der Waals surface area contributed by atoms with Gasteiger partial charge in [-0.3, -0.25) is 9.78 Å². The fourth-order valence-electron chi connectivity index (χ4n) is 4.96. The minimum atomic E-state index is -1.15. The number of carboxylic acid groups (broad SMARTS) is 1. The lowest BCUT2D eigenvalue weighted by Crippen LogP contribution is -2.46. The van der Waals surface area contributed by atoms with Crippen molar-refractivity contribution in [2.75, 3.05) is 26.7 Å². The molecule has 0 bridgehead atoms. The Kier molecular flexibility index (Phi) is 6.52. The summed E-state index contributed by atoms with van der Waals surface area (Å²) in [5.41, 5.74) is 1.34. The standard InChI is InChI=1S/C24H31FN2O3/c1-30-18-6-8-23-20(13-18)19(9-11-26-23)22(25)7-5-17-10-12-27(14-16-3-2-4-16)15-21(17)24(28)29/h6,8-9,11,13,16-17,21-22H,2-5,7,10,12,14-15H2,1H3,(H,28,29)/t17-,21+,22-/m1/s1. The molecule has 2 aliphatic rings. The summed E-state index contributed by atoms with van der Waals surface area (Å²) < 4.78 is 20.5. The summed E-state index contributed by atoms with van der Waals surface area (Å²) in [6.45, 7) is 2.55. The average Bonchev–Trinajstić information content (AvgIpc) is 2.74. The van der Waals surface area contributed by atoms with Crippen molar-refractivity contribution < 1.29 is 19.0 Å². The number of methoxy groups -OCH3 is 1. The van der Waals surface area contributed by atoms with Crippen LogP contribution in [-0.4, -0.2) is 47.7 Å². The van der Waals surface area contributed by atoms with E-state index >= 15 is 4.39 Å². The first-order valence-electron chi connectivity index (χ1n) is 11.1. The maximum absolute atomic E-state index is 15.3. The third-order valence-electron chi connectivity index (χ3n) is 7.01. The lowest BCUT2D eigenvalue weighted by molar-refractivity contribution is -0.146. The minimum absolute atomic E-state index is 0.0287. The second kappa shape index (κ2) is 9.29. The highest BCUT2D eigenvalue weighted by molar-refractivity contribution is 5.83. The number of carboxylic acids is 1. The molecule has 0 spiro atoms. The van der Waals surface area contributed by atoms with E-state index in [0.717, 1.165) is 36.3 Å². The molecule has 1 aromatic carbocycles. The molecule has 4 rings (SSSR count). The van der Waals surface area contributed by atoms with Crippen molar-refractivity contribution in [3.8, 4) is 5.75 Å². The van der Waals surface area contributed by atoms with Crippen molar-refractivity contribution in [1.82, 2.24) is 9.88 Å². The lowest BCUT2D eigenvalue weighted by atomic mass is 9.79. The van der Waals surface area contributed by atoms with E-state index in [1.165, 1.54) is 19.3 Å². The number of alkyl halides is 1. The molecule has 2 fully saturated rings. The van der Waals surface area contributed by atoms with Gasteiger partial charge < -0.3 is 14.7 Å². The predicted molar refractivity (Wildman–Crippen MR) is 114 cm³/mol. The number of hydrogen-bond acceptors (Lipinski definition) is 4. The molecular formula is C24H31FN2O3. The van der Waals surface area contributed by atoms with Gasteiger partial charge in [-0.2, -0.15) is 0 Å². The normalized spacial score (nSPS) is 23.8. The topological polar surface area (TPSA) is 62.7 Å². The van der Waals surface area contributed by atoms with Gasteiger partial charge in [0.05, 0.1) is 18.5 Å². The summed E-state index contributed by atoms with van der Waals surface area (Å²) in [5.74, 6) is 0.297. The molecule has 1 N–H and O–H groups in total. The number of piperidine rings is 1. The van der Waals surface area contributed by atoms with Gasteiger partial charge in [0.25, 0.3) is 0 Å². The van der Waals surface area contributed by atoms with Crippen LogP contribution in [0, 0.1) is 17.8 Å². The van der Waals surface area contributed by atoms with Crippen LogP contribution >= 0.6 is 0 Å². The number of likely N-dealkylation sites (tertiary alicyclic amines) is 1. The van der Waals surface area contributed by atoms with Gasteiger partial charge in [-0.05, 0) is 80.3 Å². The molecule has 0 radical (unpaired) electrons. The van der Waals surface area contributed by atoms with Crippen molar-refractivity contribution in [3.63, 3.8) is 0 Å². The summed E-state index contributed by atoms with van der Waals surface area (Å²) in [6.07, 6.45) is 6.08. The summed E-state index contributed by atoms with van der Waals surface area (Å²) in [7, 11) is 1.59. The average molecular weight is 415 g/mol. The summed E-state index contributed by atoms with van der Waals surface area (Å²) in [4.78, 5) is 18.5. The van der Waals surface area contributed by atoms with Crippen LogP contribution in [0.4, 0.5) is 4.39 Å². The summed E-state index contributed by atoms with van der Waals surface area (Å²) >= 11 is 0. The van der Waals surface area contributed by atoms with Gasteiger partial charge in [-0.25, -0.2) is 4.39 Å². The number of rotatable bonds is 8. The third kappa shape index (κ3) is 4.59. The van der Waals surface area contributed by atoms with Crippen LogP contribution in [0.3, 0.4) is 0 Å². The summed E-state index contributed by atoms with van der Waals surface area (Å²) in [5, 5.41) is 10.5. The number of carbonyl (C=O) groups is 1. The first-order chi connectivity index (χ1) is 14.5. The first kappa shape index (κ1) is 21.0. The molecule has 162 valence electrons. The van der Waals surface area contributed by atoms with Gasteiger partial charge in [-0.1, -0.05) is 6.42 Å². The maximum atomic E-state index is 15.3. The number of hydrogen-bond donors (Lipinski definition) is 1. The largest absolute Gasteiger partial charge is 0.497 e. The van der Waals surface area contributed by atoms with Gasteiger partial charge >= 0.3 is 5.97 Å². The molecule has 2 aromatic rings. The summed E-state index contributed by atoms with van der Waals surface area (Å²) in [6, 6.07) is 7.20. The molecule has 30 heavy (non-hydrogen) atoms. The van der Waals surface area contributed by atoms with E-state index < -0.39 is 18.1 Å². The van der Waals surface area contributed by atoms with Crippen LogP contribution in [-0.2, 0) is 4.79 Å². The van der Waals surface area contributed by atoms with Crippen LogP contribution in [0.2, 0.25) is 0 Å². The van der Waals surface area contributed by atoms with Gasteiger partial charge in [0.1, 0.15) is 11.9 Å². The number of halogens is 1. The number of pyridine rings is 1. The molecule has 5 nitrogen and oxygen atoms in total. The number of aromatic nitrogens is 1. The number of aliphatic carboxylic acids is 1. The van der Waals surface area contributed by atoms with Crippen molar-refractivity contribution in [3.05, 3.63) is 36.0 Å². The Labute approximate surface area is 177 Å². The second-order valence-corrected chi connectivity index (χ2v) is 8.88. The van der Waals surface area contributed by atoms with Crippen LogP contribution < -0.4 is 4.74 Å². The van der Waals surface area contributed by atoms with Crippen molar-refractivity contribution in [2.45, 2.75) is 44.7 Å². The zero-order chi connectivity index (χ0) is 21.1. The van der Waals surface area contributed by atoms with E-state index in [1.54, 1.807) is 19.4 Å². The smallest absolute Gasteiger partial charge is 0.308 e. The molecule has 1 aliphatic carbocycles. The number of ether oxygens (including phenoxy) is 1. The van der Waals surface area contributed by atoms with Crippen LogP contribution in [0.5, 0.6) is 5.75 Å². The Balaban J connectivity index is 1.41. The van der Waals surface area contributed by atoms with Gasteiger partial charge in [0, 0.05) is 24.7 Å². The monoisotopic (exact) mass is 414 g/mol. The highest BCUT2D eigenvalue weighted by Crippen LogP contribution is 2.36. The minimum Gasteiger partial charge on any atom is -0.497 e. The Morgan fingerprint density at radius 1 is 1.33 bits per heavy atom. The number of fused-ring (bicyclic) bond motifs is 1. The number of benzene rings is 1. The molecule has 1 aromatic heterocycles. The predicted octanol–water partition coefficient (Wildman–Crippen LogP) is 4.86. The molecule has 1 aliphatic heterocycles. The highest BCUT2D eigenvalue weighted by atomic mass is 19.1. The van der Waals surface area contributed by atoms with E-state index in [4.69, 9.17) is 4.74 Å². The van der Waals surface area contributed by atoms with E-state index in [2.05, 4.69) is 9.88 Å². The molecule has 0 unspecified atom stereocenters. The highest BCUT2D eigenvalue weighted by Gasteiger charge is 2.35. The number of nitrogens with zero attached hydrogens (tertiary/aromatic N) is 2. The van der Waals surface area contributed by atoms with Crippen molar-refractivity contribution in [1.29, 1.82) is 0 Å². The Hall–Kier alpha value is -2.21. The van der Waals surface area contributed by atoms with Crippen molar-refractivity contribution >= 4 is 16.9 Å². The fraction of sp³-hybridized carbons (Fsp3) is 0.583. The maximum Gasteiger partial charge on any atom is 0.308 e. The van der Waals surface area contributed by atoms with Crippen molar-refractivity contribution in [2.24, 2.45) is 17.8 Å². The fourth-order valence-corrected chi connectivity index (χ4v) is 4.96. The van der Waals surface area contributed by atoms with E-state index in [0.29, 0.717) is 30.7 Å². The zero-order valence-electron chi connectivity index (χ0n) is 17.6. The Bertz CT molecular complexity index is 886. The molecule has 2 heterocycles. The quantitative estimate of drug-likeness (QED) is 0.669. The molecule has 0 amide bonds. The van der Waals surface area contributed by atoms with E-state index in [1.807, 2.05) is 18.2 Å². The van der Waals surface area contributed by atoms with Gasteiger partial charge in [0.15, 0.2) is 0 Å². The molecule has 3 atom stereocenters. The molecule has 6 heteroatoms. The zero-order valence-corrected chi connectivity index (χ0v) is 17.6. The SMILES string of the molecule is COc1ccc2nccc([C@H](F)CC[C@@H]3CCN(CC4CCC4)C[C@@H]3C(=O)O)c2c1. The second-order valence-electron chi connectivity index (χ2n) is 8.88. The van der Waals surface area contributed by atoms with Crippen LogP contribution in [0.25, 0.3) is 10.9 Å². The van der Waals surface area contributed by atoms with E-state index in [9.17, 15) is 9.90 Å². The van der Waals surface area contributed by atoms with Gasteiger partial charge in [0.2, 0.25) is 0 Å². The van der Waals surface area contributed by atoms with E-state index in [-0.39, 0.29) is 5.92 Å². The van der Waals surface area contributed by atoms with Crippen LogP contribution in [0.1, 0.15) is 50.3 Å².